The second-order valence-electron chi connectivity index (χ2n) is 7.07. The smallest absolute Gasteiger partial charge is 0.494 e. The molecule has 1 aromatic rings. The highest BCUT2D eigenvalue weighted by molar-refractivity contribution is 6.62. The van der Waals surface area contributed by atoms with Crippen LogP contribution in [-0.2, 0) is 9.31 Å². The molecule has 3 nitrogen and oxygen atoms in total. The van der Waals surface area contributed by atoms with Gasteiger partial charge in [0.1, 0.15) is 5.75 Å². The van der Waals surface area contributed by atoms with Gasteiger partial charge in [0.15, 0.2) is 0 Å². The Bertz CT molecular complexity index is 469. The van der Waals surface area contributed by atoms with Crippen molar-refractivity contribution >= 4 is 12.6 Å². The number of hydrogen-bond donors (Lipinski definition) is 0. The van der Waals surface area contributed by atoms with Crippen LogP contribution in [-0.4, -0.2) is 24.9 Å². The van der Waals surface area contributed by atoms with E-state index in [0.717, 1.165) is 24.2 Å². The molecule has 1 aromatic carbocycles. The van der Waals surface area contributed by atoms with Crippen molar-refractivity contribution in [3.8, 4) is 5.75 Å². The topological polar surface area (TPSA) is 27.7 Å². The van der Waals surface area contributed by atoms with Crippen molar-refractivity contribution in [2.45, 2.75) is 71.5 Å². The second-order valence-corrected chi connectivity index (χ2v) is 7.07. The van der Waals surface area contributed by atoms with Gasteiger partial charge < -0.3 is 14.0 Å². The van der Waals surface area contributed by atoms with E-state index in [4.69, 9.17) is 14.0 Å². The maximum Gasteiger partial charge on any atom is 0.494 e. The monoisotopic (exact) mass is 304 g/mol. The number of rotatable bonds is 7. The quantitative estimate of drug-likeness (QED) is 0.564. The first-order valence-electron chi connectivity index (χ1n) is 8.44. The highest BCUT2D eigenvalue weighted by Gasteiger charge is 2.51. The number of unbranched alkanes of at least 4 members (excludes halogenated alkanes) is 3. The summed E-state index contributed by atoms with van der Waals surface area (Å²) in [6.07, 6.45) is 4.86. The Labute approximate surface area is 135 Å². The minimum absolute atomic E-state index is 0.311. The minimum Gasteiger partial charge on any atom is -0.494 e. The van der Waals surface area contributed by atoms with Gasteiger partial charge in [-0.25, -0.2) is 0 Å². The summed E-state index contributed by atoms with van der Waals surface area (Å²) >= 11 is 0. The molecule has 0 unspecified atom stereocenters. The van der Waals surface area contributed by atoms with Crippen LogP contribution in [0.15, 0.2) is 24.3 Å². The molecule has 0 saturated carbocycles. The molecule has 122 valence electrons. The third-order valence-electron chi connectivity index (χ3n) is 4.65. The van der Waals surface area contributed by atoms with E-state index in [0.29, 0.717) is 0 Å². The zero-order valence-corrected chi connectivity index (χ0v) is 14.6. The van der Waals surface area contributed by atoms with Gasteiger partial charge in [0, 0.05) is 0 Å². The standard InChI is InChI=1S/C18H29BO3/c1-6-7-8-9-13-20-16-12-10-11-15(14-16)19-21-17(2,3)18(4,5)22-19/h10-12,14H,6-9,13H2,1-5H3. The maximum absolute atomic E-state index is 6.08. The van der Waals surface area contributed by atoms with E-state index in [1.807, 2.05) is 24.3 Å². The summed E-state index contributed by atoms with van der Waals surface area (Å²) in [6.45, 7) is 11.3. The fourth-order valence-corrected chi connectivity index (χ4v) is 2.45. The van der Waals surface area contributed by atoms with Crippen molar-refractivity contribution < 1.29 is 14.0 Å². The molecule has 0 N–H and O–H groups in total. The first kappa shape index (κ1) is 17.4. The van der Waals surface area contributed by atoms with Crippen LogP contribution >= 0.6 is 0 Å². The lowest BCUT2D eigenvalue weighted by Crippen LogP contribution is -2.41. The summed E-state index contributed by atoms with van der Waals surface area (Å²) in [5, 5.41) is 0. The molecule has 2 rings (SSSR count). The van der Waals surface area contributed by atoms with E-state index in [1.165, 1.54) is 19.3 Å². The first-order valence-corrected chi connectivity index (χ1v) is 8.44. The van der Waals surface area contributed by atoms with E-state index in [2.05, 4.69) is 34.6 Å². The molecule has 0 aliphatic carbocycles. The van der Waals surface area contributed by atoms with Gasteiger partial charge in [-0.05, 0) is 51.7 Å². The average Bonchev–Trinajstić information content (AvgIpc) is 2.68. The van der Waals surface area contributed by atoms with Gasteiger partial charge in [0.2, 0.25) is 0 Å². The molecular weight excluding hydrogens is 275 g/mol. The van der Waals surface area contributed by atoms with Crippen LogP contribution in [0.4, 0.5) is 0 Å². The Hall–Kier alpha value is -0.995. The molecule has 1 fully saturated rings. The predicted molar refractivity (Wildman–Crippen MR) is 91.8 cm³/mol. The van der Waals surface area contributed by atoms with Gasteiger partial charge >= 0.3 is 7.12 Å². The Balaban J connectivity index is 1.95. The lowest BCUT2D eigenvalue weighted by Gasteiger charge is -2.32. The molecule has 22 heavy (non-hydrogen) atoms. The number of ether oxygens (including phenoxy) is 1. The molecule has 0 spiro atoms. The van der Waals surface area contributed by atoms with Gasteiger partial charge in [-0.2, -0.15) is 0 Å². The van der Waals surface area contributed by atoms with Crippen molar-refractivity contribution in [3.63, 3.8) is 0 Å². The van der Waals surface area contributed by atoms with Crippen LogP contribution in [0.3, 0.4) is 0 Å². The van der Waals surface area contributed by atoms with Gasteiger partial charge in [-0.15, -0.1) is 0 Å². The van der Waals surface area contributed by atoms with Crippen LogP contribution in [0.25, 0.3) is 0 Å². The van der Waals surface area contributed by atoms with Crippen molar-refractivity contribution in [1.82, 2.24) is 0 Å². The Morgan fingerprint density at radius 1 is 1.00 bits per heavy atom. The van der Waals surface area contributed by atoms with Gasteiger partial charge in [-0.3, -0.25) is 0 Å². The summed E-state index contributed by atoms with van der Waals surface area (Å²) < 4.78 is 18.0. The average molecular weight is 304 g/mol. The zero-order valence-electron chi connectivity index (χ0n) is 14.6. The van der Waals surface area contributed by atoms with E-state index in [-0.39, 0.29) is 18.3 Å². The third-order valence-corrected chi connectivity index (χ3v) is 4.65. The molecule has 1 aliphatic rings. The summed E-state index contributed by atoms with van der Waals surface area (Å²) in [6, 6.07) is 8.06. The van der Waals surface area contributed by atoms with E-state index in [9.17, 15) is 0 Å². The summed E-state index contributed by atoms with van der Waals surface area (Å²) in [5.74, 6) is 0.892. The molecule has 1 heterocycles. The highest BCUT2D eigenvalue weighted by Crippen LogP contribution is 2.36. The van der Waals surface area contributed by atoms with Crippen LogP contribution in [0.5, 0.6) is 5.75 Å². The van der Waals surface area contributed by atoms with Gasteiger partial charge in [0.05, 0.1) is 17.8 Å². The van der Waals surface area contributed by atoms with Gasteiger partial charge in [0.25, 0.3) is 0 Å². The van der Waals surface area contributed by atoms with Crippen molar-refractivity contribution in [3.05, 3.63) is 24.3 Å². The maximum atomic E-state index is 6.08. The Kier molecular flexibility index (Phi) is 5.57. The van der Waals surface area contributed by atoms with Crippen LogP contribution in [0.2, 0.25) is 0 Å². The summed E-state index contributed by atoms with van der Waals surface area (Å²) in [7, 11) is -0.325. The van der Waals surface area contributed by atoms with Crippen LogP contribution in [0, 0.1) is 0 Å². The highest BCUT2D eigenvalue weighted by atomic mass is 16.7. The molecule has 1 saturated heterocycles. The molecule has 0 aromatic heterocycles. The Morgan fingerprint density at radius 3 is 2.32 bits per heavy atom. The number of hydrogen-bond acceptors (Lipinski definition) is 3. The molecule has 4 heteroatoms. The fraction of sp³-hybridized carbons (Fsp3) is 0.667. The molecular formula is C18H29BO3. The predicted octanol–water partition coefficient (Wildman–Crippen LogP) is 3.94. The molecule has 1 aliphatic heterocycles. The second kappa shape index (κ2) is 7.05. The van der Waals surface area contributed by atoms with E-state index < -0.39 is 0 Å². The number of benzene rings is 1. The van der Waals surface area contributed by atoms with Crippen molar-refractivity contribution in [2.75, 3.05) is 6.61 Å². The molecule has 0 radical (unpaired) electrons. The van der Waals surface area contributed by atoms with Crippen LogP contribution < -0.4 is 10.2 Å². The molecule has 0 atom stereocenters. The Morgan fingerprint density at radius 2 is 1.68 bits per heavy atom. The SMILES string of the molecule is CCCCCCOc1cccc(B2OC(C)(C)C(C)(C)O2)c1. The third kappa shape index (κ3) is 4.05. The van der Waals surface area contributed by atoms with E-state index >= 15 is 0 Å². The normalized spacial score (nSPS) is 19.4. The summed E-state index contributed by atoms with van der Waals surface area (Å²) in [4.78, 5) is 0. The van der Waals surface area contributed by atoms with Crippen LogP contribution in [0.1, 0.15) is 60.3 Å². The lowest BCUT2D eigenvalue weighted by atomic mass is 9.79. The zero-order chi connectivity index (χ0) is 16.2. The van der Waals surface area contributed by atoms with Gasteiger partial charge in [-0.1, -0.05) is 38.3 Å². The van der Waals surface area contributed by atoms with E-state index in [1.54, 1.807) is 0 Å². The largest absolute Gasteiger partial charge is 0.494 e. The fourth-order valence-electron chi connectivity index (χ4n) is 2.45. The lowest BCUT2D eigenvalue weighted by molar-refractivity contribution is 0.00578. The summed E-state index contributed by atoms with van der Waals surface area (Å²) in [5.41, 5.74) is 0.397. The minimum atomic E-state index is -0.325. The van der Waals surface area contributed by atoms with Crippen molar-refractivity contribution in [1.29, 1.82) is 0 Å². The first-order chi connectivity index (χ1) is 10.4. The molecule has 0 bridgehead atoms. The van der Waals surface area contributed by atoms with Crippen molar-refractivity contribution in [2.24, 2.45) is 0 Å². The molecule has 0 amide bonds.